The van der Waals surface area contributed by atoms with Crippen LogP contribution in [-0.4, -0.2) is 55.9 Å². The van der Waals surface area contributed by atoms with E-state index in [-0.39, 0.29) is 29.6 Å². The molecule has 1 aliphatic rings. The van der Waals surface area contributed by atoms with Crippen LogP contribution in [0.5, 0.6) is 0 Å². The molecular formula is C11H13N3O4S. The molecule has 1 unspecified atom stereocenters. The van der Waals surface area contributed by atoms with Crippen molar-refractivity contribution in [2.45, 2.75) is 12.5 Å². The molecule has 1 saturated heterocycles. The molecule has 0 radical (unpaired) electrons. The average molecular weight is 283 g/mol. The zero-order chi connectivity index (χ0) is 13.8. The van der Waals surface area contributed by atoms with Crippen molar-refractivity contribution in [1.29, 1.82) is 0 Å². The summed E-state index contributed by atoms with van der Waals surface area (Å²) in [4.78, 5) is 41.6. The highest BCUT2D eigenvalue weighted by Crippen LogP contribution is 2.20. The van der Waals surface area contributed by atoms with Crippen molar-refractivity contribution in [1.82, 2.24) is 14.9 Å². The molecule has 0 saturated carbocycles. The van der Waals surface area contributed by atoms with Crippen molar-refractivity contribution in [3.8, 4) is 0 Å². The number of thioether (sulfide) groups is 1. The number of aliphatic carboxylic acids is 1. The van der Waals surface area contributed by atoms with E-state index in [1.807, 2.05) is 0 Å². The predicted molar refractivity (Wildman–Crippen MR) is 69.3 cm³/mol. The molecule has 2 N–H and O–H groups in total. The number of hydrogen-bond acceptors (Lipinski definition) is 5. The predicted octanol–water partition coefficient (Wildman–Crippen LogP) is -0.198. The number of aromatic amines is 1. The van der Waals surface area contributed by atoms with Crippen LogP contribution in [0.25, 0.3) is 0 Å². The molecule has 8 heteroatoms. The van der Waals surface area contributed by atoms with Gasteiger partial charge in [-0.25, -0.2) is 4.98 Å². The number of amides is 1. The van der Waals surface area contributed by atoms with Crippen LogP contribution in [0.15, 0.2) is 17.2 Å². The van der Waals surface area contributed by atoms with Crippen LogP contribution >= 0.6 is 11.8 Å². The summed E-state index contributed by atoms with van der Waals surface area (Å²) in [5.41, 5.74) is -0.255. The first-order valence-corrected chi connectivity index (χ1v) is 6.88. The van der Waals surface area contributed by atoms with E-state index in [0.717, 1.165) is 11.9 Å². The number of rotatable bonds is 3. The second-order valence-electron chi connectivity index (χ2n) is 4.12. The van der Waals surface area contributed by atoms with Gasteiger partial charge in [0.1, 0.15) is 5.69 Å². The van der Waals surface area contributed by atoms with E-state index in [1.165, 1.54) is 11.1 Å². The number of hydrogen-bond donors (Lipinski definition) is 2. The minimum atomic E-state index is -0.931. The Morgan fingerprint density at radius 3 is 3.00 bits per heavy atom. The lowest BCUT2D eigenvalue weighted by molar-refractivity contribution is -0.138. The molecule has 2 rings (SSSR count). The highest BCUT2D eigenvalue weighted by Gasteiger charge is 2.30. The van der Waals surface area contributed by atoms with E-state index in [0.29, 0.717) is 12.3 Å². The largest absolute Gasteiger partial charge is 0.481 e. The second-order valence-corrected chi connectivity index (χ2v) is 5.27. The van der Waals surface area contributed by atoms with Gasteiger partial charge in [-0.1, -0.05) is 0 Å². The number of aromatic nitrogens is 2. The lowest BCUT2D eigenvalue weighted by atomic mass is 10.2. The van der Waals surface area contributed by atoms with Gasteiger partial charge in [0.25, 0.3) is 11.5 Å². The van der Waals surface area contributed by atoms with E-state index in [2.05, 4.69) is 9.97 Å². The molecule has 1 amide bonds. The molecule has 0 aliphatic carbocycles. The van der Waals surface area contributed by atoms with Crippen LogP contribution in [0, 0.1) is 0 Å². The first-order chi connectivity index (χ1) is 9.08. The summed E-state index contributed by atoms with van der Waals surface area (Å²) in [6.45, 7) is 0.488. The molecule has 1 aromatic rings. The monoisotopic (exact) mass is 283 g/mol. The molecule has 0 spiro atoms. The van der Waals surface area contributed by atoms with E-state index in [1.54, 1.807) is 11.8 Å². The maximum absolute atomic E-state index is 12.2. The number of carboxylic acids is 1. The quantitative estimate of drug-likeness (QED) is 0.796. The van der Waals surface area contributed by atoms with Gasteiger partial charge in [0.15, 0.2) is 0 Å². The normalized spacial score (nSPS) is 19.2. The lowest BCUT2D eigenvalue weighted by Gasteiger charge is -2.34. The van der Waals surface area contributed by atoms with Crippen LogP contribution in [0.1, 0.15) is 16.9 Å². The van der Waals surface area contributed by atoms with Crippen LogP contribution < -0.4 is 5.56 Å². The molecular weight excluding hydrogens is 270 g/mol. The second kappa shape index (κ2) is 5.87. The summed E-state index contributed by atoms with van der Waals surface area (Å²) in [6, 6.07) is -0.336. The van der Waals surface area contributed by atoms with Crippen molar-refractivity contribution in [3.05, 3.63) is 28.4 Å². The fourth-order valence-electron chi connectivity index (χ4n) is 1.90. The maximum atomic E-state index is 12.2. The van der Waals surface area contributed by atoms with Gasteiger partial charge in [-0.3, -0.25) is 14.4 Å². The first-order valence-electron chi connectivity index (χ1n) is 5.73. The number of nitrogens with one attached hydrogen (secondary N) is 1. The van der Waals surface area contributed by atoms with Gasteiger partial charge in [-0.05, 0) is 0 Å². The Labute approximate surface area is 113 Å². The Balaban J connectivity index is 2.17. The first kappa shape index (κ1) is 13.6. The molecule has 102 valence electrons. The lowest BCUT2D eigenvalue weighted by Crippen LogP contribution is -2.47. The zero-order valence-electron chi connectivity index (χ0n) is 10.0. The highest BCUT2D eigenvalue weighted by atomic mass is 32.2. The molecule has 1 aromatic heterocycles. The van der Waals surface area contributed by atoms with Crippen molar-refractivity contribution in [2.75, 3.05) is 18.1 Å². The zero-order valence-corrected chi connectivity index (χ0v) is 10.9. The summed E-state index contributed by atoms with van der Waals surface area (Å²) in [6.07, 6.45) is 2.21. The SMILES string of the molecule is O=C(O)CC1CSCCN1C(=O)c1c[nH]c(=O)cn1. The van der Waals surface area contributed by atoms with Crippen LogP contribution in [0.4, 0.5) is 0 Å². The molecule has 19 heavy (non-hydrogen) atoms. The van der Waals surface area contributed by atoms with Crippen molar-refractivity contribution in [3.63, 3.8) is 0 Å². The topological polar surface area (TPSA) is 103 Å². The van der Waals surface area contributed by atoms with Gasteiger partial charge >= 0.3 is 5.97 Å². The molecule has 1 atom stereocenters. The van der Waals surface area contributed by atoms with Gasteiger partial charge in [0, 0.05) is 24.2 Å². The van der Waals surface area contributed by atoms with Gasteiger partial charge < -0.3 is 15.0 Å². The maximum Gasteiger partial charge on any atom is 0.305 e. The molecule has 2 heterocycles. The molecule has 0 bridgehead atoms. The van der Waals surface area contributed by atoms with E-state index < -0.39 is 5.97 Å². The third kappa shape index (κ3) is 3.34. The summed E-state index contributed by atoms with van der Waals surface area (Å²) in [5, 5.41) is 8.86. The van der Waals surface area contributed by atoms with Gasteiger partial charge in [0.2, 0.25) is 0 Å². The molecule has 1 aliphatic heterocycles. The minimum absolute atomic E-state index is 0.0813. The van der Waals surface area contributed by atoms with Crippen molar-refractivity contribution < 1.29 is 14.7 Å². The van der Waals surface area contributed by atoms with Crippen LogP contribution in [0.2, 0.25) is 0 Å². The standard InChI is InChI=1S/C11H13N3O4S/c15-9-5-12-8(4-13-9)11(18)14-1-2-19-6-7(14)3-10(16)17/h4-5,7H,1-3,6H2,(H,13,15)(H,16,17). The average Bonchev–Trinajstić information content (AvgIpc) is 2.39. The highest BCUT2D eigenvalue weighted by molar-refractivity contribution is 7.99. The van der Waals surface area contributed by atoms with Crippen molar-refractivity contribution in [2.24, 2.45) is 0 Å². The number of H-pyrrole nitrogens is 1. The van der Waals surface area contributed by atoms with Crippen molar-refractivity contribution >= 4 is 23.6 Å². The van der Waals surface area contributed by atoms with Gasteiger partial charge in [0.05, 0.1) is 18.7 Å². The molecule has 0 aromatic carbocycles. The van der Waals surface area contributed by atoms with E-state index in [9.17, 15) is 14.4 Å². The number of carbonyl (C=O) groups is 2. The summed E-state index contributed by atoms with van der Waals surface area (Å²) < 4.78 is 0. The Morgan fingerprint density at radius 1 is 1.58 bits per heavy atom. The molecule has 1 fully saturated rings. The van der Waals surface area contributed by atoms with Gasteiger partial charge in [-0.15, -0.1) is 0 Å². The fourth-order valence-corrected chi connectivity index (χ4v) is 2.96. The smallest absolute Gasteiger partial charge is 0.305 e. The van der Waals surface area contributed by atoms with Crippen LogP contribution in [-0.2, 0) is 4.79 Å². The summed E-state index contributed by atoms with van der Waals surface area (Å²) in [5.74, 6) is 0.0922. The Bertz CT molecular complexity index is 524. The number of nitrogens with zero attached hydrogens (tertiary/aromatic N) is 2. The Hall–Kier alpha value is -1.83. The van der Waals surface area contributed by atoms with Gasteiger partial charge in [-0.2, -0.15) is 11.8 Å². The van der Waals surface area contributed by atoms with E-state index in [4.69, 9.17) is 5.11 Å². The number of carboxylic acid groups (broad SMARTS) is 1. The third-order valence-corrected chi connectivity index (χ3v) is 3.88. The Morgan fingerprint density at radius 2 is 2.37 bits per heavy atom. The van der Waals surface area contributed by atoms with Crippen LogP contribution in [0.3, 0.4) is 0 Å². The third-order valence-electron chi connectivity index (χ3n) is 2.79. The fraction of sp³-hybridized carbons (Fsp3) is 0.455. The van der Waals surface area contributed by atoms with E-state index >= 15 is 0 Å². The summed E-state index contributed by atoms with van der Waals surface area (Å²) in [7, 11) is 0. The number of carbonyl (C=O) groups excluding carboxylic acids is 1. The minimum Gasteiger partial charge on any atom is -0.481 e. The molecule has 7 nitrogen and oxygen atoms in total. The Kier molecular flexibility index (Phi) is 4.20. The summed E-state index contributed by atoms with van der Waals surface area (Å²) >= 11 is 1.63.